The molecule has 28 heavy (non-hydrogen) atoms. The quantitative estimate of drug-likeness (QED) is 0.487. The molecule has 0 aromatic carbocycles. The molecule has 0 aromatic heterocycles. The Morgan fingerprint density at radius 3 is 2.04 bits per heavy atom. The Hall–Kier alpha value is -0.640. The summed E-state index contributed by atoms with van der Waals surface area (Å²) in [5.74, 6) is -0.496. The van der Waals surface area contributed by atoms with E-state index in [2.05, 4.69) is 15.5 Å². The highest BCUT2D eigenvalue weighted by Gasteiger charge is 2.28. The highest BCUT2D eigenvalue weighted by Crippen LogP contribution is 2.15. The summed E-state index contributed by atoms with van der Waals surface area (Å²) in [6, 6.07) is 0.614. The number of piperazine rings is 1. The van der Waals surface area contributed by atoms with Gasteiger partial charge in [-0.3, -0.25) is 9.69 Å². The lowest BCUT2D eigenvalue weighted by molar-refractivity contribution is -0.140. The summed E-state index contributed by atoms with van der Waals surface area (Å²) >= 11 is 0. The number of halogens is 2. The van der Waals surface area contributed by atoms with E-state index in [0.717, 1.165) is 52.1 Å². The van der Waals surface area contributed by atoms with E-state index < -0.39 is 12.1 Å². The summed E-state index contributed by atoms with van der Waals surface area (Å²) in [6.45, 7) is 7.33. The lowest BCUT2D eigenvalue weighted by Gasteiger charge is -2.40. The number of esters is 1. The Kier molecular flexibility index (Phi) is 12.3. The number of piperidine rings is 2. The fraction of sp³-hybridized carbons (Fsp3) is 0.889. The van der Waals surface area contributed by atoms with Gasteiger partial charge < -0.3 is 25.0 Å². The normalized spacial score (nSPS) is 22.1. The molecule has 3 heterocycles. The SMILES string of the molecule is Cl.Cl.O=C(CCOC1CCNCC1)OC(=O)N1CCN(C2CCNCC2)CC1. The van der Waals surface area contributed by atoms with E-state index >= 15 is 0 Å². The van der Waals surface area contributed by atoms with Crippen molar-refractivity contribution in [3.8, 4) is 0 Å². The summed E-state index contributed by atoms with van der Waals surface area (Å²) in [7, 11) is 0. The first-order valence-electron chi connectivity index (χ1n) is 9.99. The number of ether oxygens (including phenoxy) is 2. The Balaban J connectivity index is 0.00000196. The maximum absolute atomic E-state index is 12.2. The third-order valence-corrected chi connectivity index (χ3v) is 5.54. The van der Waals surface area contributed by atoms with E-state index in [1.54, 1.807) is 4.90 Å². The summed E-state index contributed by atoms with van der Waals surface area (Å²) in [6.07, 6.45) is 4.10. The van der Waals surface area contributed by atoms with Crippen LogP contribution in [0.25, 0.3) is 0 Å². The highest BCUT2D eigenvalue weighted by atomic mass is 35.5. The molecular weight excluding hydrogens is 407 g/mol. The molecule has 1 amide bonds. The van der Waals surface area contributed by atoms with Crippen LogP contribution in [0.3, 0.4) is 0 Å². The van der Waals surface area contributed by atoms with Gasteiger partial charge >= 0.3 is 12.1 Å². The monoisotopic (exact) mass is 440 g/mol. The second-order valence-electron chi connectivity index (χ2n) is 7.31. The number of carbonyl (C=O) groups is 2. The fourth-order valence-electron chi connectivity index (χ4n) is 3.93. The molecule has 0 aromatic rings. The van der Waals surface area contributed by atoms with Gasteiger partial charge in [-0.15, -0.1) is 24.8 Å². The van der Waals surface area contributed by atoms with Crippen LogP contribution in [0.2, 0.25) is 0 Å². The zero-order valence-electron chi connectivity index (χ0n) is 16.4. The molecule has 0 spiro atoms. The molecule has 164 valence electrons. The van der Waals surface area contributed by atoms with E-state index in [4.69, 9.17) is 9.47 Å². The molecule has 0 atom stereocenters. The molecule has 3 aliphatic heterocycles. The fourth-order valence-corrected chi connectivity index (χ4v) is 3.93. The molecule has 8 nitrogen and oxygen atoms in total. The summed E-state index contributed by atoms with van der Waals surface area (Å²) in [5, 5.41) is 6.65. The van der Waals surface area contributed by atoms with Gasteiger partial charge in [-0.25, -0.2) is 4.79 Å². The summed E-state index contributed by atoms with van der Waals surface area (Å²) < 4.78 is 10.7. The molecule has 0 bridgehead atoms. The van der Waals surface area contributed by atoms with Gasteiger partial charge in [-0.2, -0.15) is 0 Å². The Morgan fingerprint density at radius 1 is 0.857 bits per heavy atom. The third-order valence-electron chi connectivity index (χ3n) is 5.54. The lowest BCUT2D eigenvalue weighted by Crippen LogP contribution is -2.54. The number of hydrogen-bond donors (Lipinski definition) is 2. The maximum Gasteiger partial charge on any atom is 0.417 e. The second-order valence-corrected chi connectivity index (χ2v) is 7.31. The van der Waals surface area contributed by atoms with Gasteiger partial charge in [0.25, 0.3) is 0 Å². The van der Waals surface area contributed by atoms with Crippen molar-refractivity contribution in [1.29, 1.82) is 0 Å². The smallest absolute Gasteiger partial charge is 0.378 e. The van der Waals surface area contributed by atoms with Gasteiger partial charge in [0.1, 0.15) is 0 Å². The van der Waals surface area contributed by atoms with E-state index in [1.165, 1.54) is 12.8 Å². The zero-order valence-corrected chi connectivity index (χ0v) is 18.0. The minimum absolute atomic E-state index is 0. The molecule has 0 saturated carbocycles. The molecule has 0 radical (unpaired) electrons. The number of carbonyl (C=O) groups excluding carboxylic acids is 2. The van der Waals surface area contributed by atoms with E-state index in [1.807, 2.05) is 0 Å². The van der Waals surface area contributed by atoms with Crippen LogP contribution in [0.4, 0.5) is 4.79 Å². The molecule has 3 saturated heterocycles. The van der Waals surface area contributed by atoms with Gasteiger partial charge in [0.15, 0.2) is 0 Å². The van der Waals surface area contributed by atoms with Crippen LogP contribution < -0.4 is 10.6 Å². The molecule has 0 aliphatic carbocycles. The van der Waals surface area contributed by atoms with Crippen LogP contribution in [0.5, 0.6) is 0 Å². The average Bonchev–Trinajstić information content (AvgIpc) is 2.69. The number of rotatable bonds is 5. The molecular formula is C18H34Cl2N4O4. The van der Waals surface area contributed by atoms with Crippen molar-refractivity contribution < 1.29 is 19.1 Å². The second kappa shape index (κ2) is 13.6. The third kappa shape index (κ3) is 8.00. The number of nitrogens with one attached hydrogen (secondary N) is 2. The number of hydrogen-bond acceptors (Lipinski definition) is 7. The number of amides is 1. The standard InChI is InChI=1S/C18H32N4O4.2ClH/c23-17(5-14-25-16-3-8-20-9-4-16)26-18(24)22-12-10-21(11-13-22)15-1-6-19-7-2-15;;/h15-16,19-20H,1-14H2;2*1H. The maximum atomic E-state index is 12.2. The largest absolute Gasteiger partial charge is 0.417 e. The van der Waals surface area contributed by atoms with E-state index in [-0.39, 0.29) is 37.3 Å². The zero-order chi connectivity index (χ0) is 18.2. The van der Waals surface area contributed by atoms with Crippen molar-refractivity contribution >= 4 is 36.9 Å². The Labute approximate surface area is 179 Å². The lowest BCUT2D eigenvalue weighted by atomic mass is 10.0. The molecule has 3 rings (SSSR count). The Bertz CT molecular complexity index is 467. The van der Waals surface area contributed by atoms with Crippen LogP contribution in [0.15, 0.2) is 0 Å². The minimum Gasteiger partial charge on any atom is -0.378 e. The van der Waals surface area contributed by atoms with Crippen molar-refractivity contribution in [2.75, 3.05) is 59.0 Å². The summed E-state index contributed by atoms with van der Waals surface area (Å²) in [4.78, 5) is 28.1. The number of nitrogens with zero attached hydrogens (tertiary/aromatic N) is 2. The van der Waals surface area contributed by atoms with E-state index in [9.17, 15) is 9.59 Å². The van der Waals surface area contributed by atoms with Crippen molar-refractivity contribution in [1.82, 2.24) is 20.4 Å². The molecule has 10 heteroatoms. The van der Waals surface area contributed by atoms with Gasteiger partial charge in [0.05, 0.1) is 19.1 Å². The predicted octanol–water partition coefficient (Wildman–Crippen LogP) is 1.02. The van der Waals surface area contributed by atoms with Crippen molar-refractivity contribution in [2.24, 2.45) is 0 Å². The van der Waals surface area contributed by atoms with Gasteiger partial charge in [-0.05, 0) is 51.9 Å². The van der Waals surface area contributed by atoms with Crippen LogP contribution in [-0.4, -0.2) is 93.0 Å². The van der Waals surface area contributed by atoms with Crippen molar-refractivity contribution in [3.63, 3.8) is 0 Å². The van der Waals surface area contributed by atoms with Gasteiger partial charge in [0.2, 0.25) is 0 Å². The first-order chi connectivity index (χ1) is 12.7. The van der Waals surface area contributed by atoms with Crippen LogP contribution >= 0.6 is 24.8 Å². The molecule has 2 N–H and O–H groups in total. The van der Waals surface area contributed by atoms with Crippen molar-refractivity contribution in [3.05, 3.63) is 0 Å². The Morgan fingerprint density at radius 2 is 1.43 bits per heavy atom. The minimum atomic E-state index is -0.512. The first-order valence-corrected chi connectivity index (χ1v) is 9.99. The topological polar surface area (TPSA) is 83.1 Å². The molecule has 3 fully saturated rings. The molecule has 3 aliphatic rings. The van der Waals surface area contributed by atoms with E-state index in [0.29, 0.717) is 25.7 Å². The van der Waals surface area contributed by atoms with Crippen LogP contribution in [0.1, 0.15) is 32.1 Å². The predicted molar refractivity (Wildman–Crippen MR) is 111 cm³/mol. The summed E-state index contributed by atoms with van der Waals surface area (Å²) in [5.41, 5.74) is 0. The van der Waals surface area contributed by atoms with Crippen molar-refractivity contribution in [2.45, 2.75) is 44.2 Å². The van der Waals surface area contributed by atoms with Crippen LogP contribution in [-0.2, 0) is 14.3 Å². The van der Waals surface area contributed by atoms with Crippen LogP contribution in [0, 0.1) is 0 Å². The van der Waals surface area contributed by atoms with Gasteiger partial charge in [0, 0.05) is 32.2 Å². The molecule has 0 unspecified atom stereocenters. The average molecular weight is 441 g/mol. The van der Waals surface area contributed by atoms with Gasteiger partial charge in [-0.1, -0.05) is 0 Å². The first kappa shape index (κ1) is 25.4. The highest BCUT2D eigenvalue weighted by molar-refractivity contribution is 5.85.